The van der Waals surface area contributed by atoms with Gasteiger partial charge in [-0.05, 0) is 34.9 Å². The van der Waals surface area contributed by atoms with Crippen LogP contribution in [0.25, 0.3) is 0 Å². The van der Waals surface area contributed by atoms with E-state index in [1.807, 2.05) is 12.1 Å². The first-order valence-corrected chi connectivity index (χ1v) is 8.34. The van der Waals surface area contributed by atoms with E-state index in [2.05, 4.69) is 39.1 Å². The van der Waals surface area contributed by atoms with Crippen LogP contribution in [0.5, 0.6) is 5.75 Å². The van der Waals surface area contributed by atoms with Gasteiger partial charge in [-0.15, -0.1) is 0 Å². The van der Waals surface area contributed by atoms with Crippen LogP contribution in [0, 0.1) is 5.92 Å². The van der Waals surface area contributed by atoms with Gasteiger partial charge in [0.1, 0.15) is 11.8 Å². The standard InChI is InChI=1S/C19H29NO4/c1-7-13-8-9-15(14(10-13)19(4,5)6)24-11-16(21)20-17(12(2)3)18(22)23/h8-10,12,17H,7,11H2,1-6H3,(H,20,21)(H,22,23). The molecule has 0 bridgehead atoms. The van der Waals surface area contributed by atoms with Crippen LogP contribution >= 0.6 is 0 Å². The van der Waals surface area contributed by atoms with E-state index in [0.29, 0.717) is 5.75 Å². The predicted octanol–water partition coefficient (Wildman–Crippen LogP) is 3.15. The van der Waals surface area contributed by atoms with Gasteiger partial charge in [-0.25, -0.2) is 4.79 Å². The van der Waals surface area contributed by atoms with Crippen molar-refractivity contribution in [3.63, 3.8) is 0 Å². The van der Waals surface area contributed by atoms with Gasteiger partial charge in [0.05, 0.1) is 0 Å². The van der Waals surface area contributed by atoms with Gasteiger partial charge in [0, 0.05) is 0 Å². The van der Waals surface area contributed by atoms with Crippen molar-refractivity contribution in [1.29, 1.82) is 0 Å². The van der Waals surface area contributed by atoms with Crippen molar-refractivity contribution >= 4 is 11.9 Å². The van der Waals surface area contributed by atoms with Crippen LogP contribution in [-0.2, 0) is 21.4 Å². The molecule has 0 spiro atoms. The van der Waals surface area contributed by atoms with Gasteiger partial charge in [-0.2, -0.15) is 0 Å². The van der Waals surface area contributed by atoms with E-state index in [1.165, 1.54) is 5.56 Å². The first kappa shape index (κ1) is 20.0. The van der Waals surface area contributed by atoms with Crippen molar-refractivity contribution in [1.82, 2.24) is 5.32 Å². The Morgan fingerprint density at radius 3 is 2.33 bits per heavy atom. The van der Waals surface area contributed by atoms with Gasteiger partial charge < -0.3 is 15.2 Å². The molecule has 0 aliphatic heterocycles. The Morgan fingerprint density at radius 2 is 1.88 bits per heavy atom. The molecule has 0 aliphatic rings. The zero-order valence-corrected chi connectivity index (χ0v) is 15.5. The molecular formula is C19H29NO4. The van der Waals surface area contributed by atoms with Crippen LogP contribution in [0.2, 0.25) is 0 Å². The number of carboxylic acid groups (broad SMARTS) is 1. The zero-order valence-electron chi connectivity index (χ0n) is 15.5. The summed E-state index contributed by atoms with van der Waals surface area (Å²) in [5, 5.41) is 11.6. The van der Waals surface area contributed by atoms with Gasteiger partial charge in [0.15, 0.2) is 6.61 Å². The monoisotopic (exact) mass is 335 g/mol. The largest absolute Gasteiger partial charge is 0.483 e. The third-order valence-electron chi connectivity index (χ3n) is 3.87. The Kier molecular flexibility index (Phi) is 6.81. The summed E-state index contributed by atoms with van der Waals surface area (Å²) in [5.74, 6) is -1.01. The molecule has 0 heterocycles. The highest BCUT2D eigenvalue weighted by molar-refractivity contribution is 5.84. The lowest BCUT2D eigenvalue weighted by Crippen LogP contribution is -2.46. The average Bonchev–Trinajstić information content (AvgIpc) is 2.48. The predicted molar refractivity (Wildman–Crippen MR) is 94.4 cm³/mol. The summed E-state index contributed by atoms with van der Waals surface area (Å²) in [6.07, 6.45) is 0.929. The number of carboxylic acids is 1. The summed E-state index contributed by atoms with van der Waals surface area (Å²) in [5.41, 5.74) is 2.13. The second kappa shape index (κ2) is 8.18. The van der Waals surface area contributed by atoms with E-state index in [1.54, 1.807) is 13.8 Å². The lowest BCUT2D eigenvalue weighted by molar-refractivity contribution is -0.143. The summed E-state index contributed by atoms with van der Waals surface area (Å²) < 4.78 is 5.68. The Bertz CT molecular complexity index is 588. The SMILES string of the molecule is CCc1ccc(OCC(=O)NC(C(=O)O)C(C)C)c(C(C)(C)C)c1. The first-order chi connectivity index (χ1) is 11.1. The maximum Gasteiger partial charge on any atom is 0.326 e. The van der Waals surface area contributed by atoms with Crippen LogP contribution in [0.3, 0.4) is 0 Å². The van der Waals surface area contributed by atoms with Crippen LogP contribution in [0.1, 0.15) is 52.7 Å². The average molecular weight is 335 g/mol. The number of ether oxygens (including phenoxy) is 1. The van der Waals surface area contributed by atoms with Crippen molar-refractivity contribution in [3.8, 4) is 5.75 Å². The third-order valence-corrected chi connectivity index (χ3v) is 3.87. The van der Waals surface area contributed by atoms with Crippen molar-refractivity contribution in [3.05, 3.63) is 29.3 Å². The molecule has 0 aliphatic carbocycles. The van der Waals surface area contributed by atoms with E-state index >= 15 is 0 Å². The number of amides is 1. The van der Waals surface area contributed by atoms with Crippen LogP contribution in [-0.4, -0.2) is 29.6 Å². The molecule has 0 fully saturated rings. The van der Waals surface area contributed by atoms with Crippen LogP contribution in [0.15, 0.2) is 18.2 Å². The molecule has 1 rings (SSSR count). The molecule has 5 heteroatoms. The Labute approximate surface area is 144 Å². The number of hydrogen-bond acceptors (Lipinski definition) is 3. The molecule has 1 amide bonds. The number of benzene rings is 1. The molecule has 134 valence electrons. The third kappa shape index (κ3) is 5.55. The summed E-state index contributed by atoms with van der Waals surface area (Å²) in [6.45, 7) is 11.7. The number of aryl methyl sites for hydroxylation is 1. The van der Waals surface area contributed by atoms with Gasteiger partial charge in [0.25, 0.3) is 5.91 Å². The minimum Gasteiger partial charge on any atom is -0.483 e. The van der Waals surface area contributed by atoms with Crippen LogP contribution in [0.4, 0.5) is 0 Å². The van der Waals surface area contributed by atoms with E-state index in [0.717, 1.165) is 12.0 Å². The summed E-state index contributed by atoms with van der Waals surface area (Å²) in [4.78, 5) is 23.2. The fraction of sp³-hybridized carbons (Fsp3) is 0.579. The number of hydrogen-bond donors (Lipinski definition) is 2. The van der Waals surface area contributed by atoms with Crippen molar-refractivity contribution in [2.24, 2.45) is 5.92 Å². The molecule has 0 saturated heterocycles. The molecule has 24 heavy (non-hydrogen) atoms. The highest BCUT2D eigenvalue weighted by atomic mass is 16.5. The van der Waals surface area contributed by atoms with E-state index < -0.39 is 17.9 Å². The van der Waals surface area contributed by atoms with Crippen molar-refractivity contribution < 1.29 is 19.4 Å². The molecule has 1 unspecified atom stereocenters. The molecule has 5 nitrogen and oxygen atoms in total. The summed E-state index contributed by atoms with van der Waals surface area (Å²) in [6, 6.07) is 5.05. The Morgan fingerprint density at radius 1 is 1.25 bits per heavy atom. The molecule has 1 atom stereocenters. The quantitative estimate of drug-likeness (QED) is 0.802. The molecule has 0 saturated carbocycles. The Balaban J connectivity index is 2.83. The molecule has 0 radical (unpaired) electrons. The normalized spacial score (nSPS) is 12.8. The fourth-order valence-electron chi connectivity index (χ4n) is 2.38. The number of carbonyl (C=O) groups is 2. The highest BCUT2D eigenvalue weighted by Gasteiger charge is 2.24. The summed E-state index contributed by atoms with van der Waals surface area (Å²) >= 11 is 0. The van der Waals surface area contributed by atoms with Gasteiger partial charge in [-0.3, -0.25) is 4.79 Å². The van der Waals surface area contributed by atoms with E-state index in [4.69, 9.17) is 9.84 Å². The molecular weight excluding hydrogens is 306 g/mol. The van der Waals surface area contributed by atoms with E-state index in [-0.39, 0.29) is 17.9 Å². The number of rotatable bonds is 7. The van der Waals surface area contributed by atoms with E-state index in [9.17, 15) is 9.59 Å². The maximum absolute atomic E-state index is 12.0. The second-order valence-electron chi connectivity index (χ2n) is 7.35. The number of carbonyl (C=O) groups excluding carboxylic acids is 1. The molecule has 0 aromatic heterocycles. The van der Waals surface area contributed by atoms with Gasteiger partial charge >= 0.3 is 5.97 Å². The Hall–Kier alpha value is -2.04. The smallest absolute Gasteiger partial charge is 0.326 e. The van der Waals surface area contributed by atoms with Gasteiger partial charge in [0.2, 0.25) is 0 Å². The second-order valence-corrected chi connectivity index (χ2v) is 7.35. The topological polar surface area (TPSA) is 75.6 Å². The van der Waals surface area contributed by atoms with Crippen molar-refractivity contribution in [2.45, 2.75) is 59.4 Å². The number of nitrogens with one attached hydrogen (secondary N) is 1. The highest BCUT2D eigenvalue weighted by Crippen LogP contribution is 2.32. The summed E-state index contributed by atoms with van der Waals surface area (Å²) in [7, 11) is 0. The first-order valence-electron chi connectivity index (χ1n) is 8.34. The molecule has 2 N–H and O–H groups in total. The van der Waals surface area contributed by atoms with Crippen molar-refractivity contribution in [2.75, 3.05) is 6.61 Å². The lowest BCUT2D eigenvalue weighted by atomic mass is 9.85. The maximum atomic E-state index is 12.0. The minimum atomic E-state index is -1.04. The zero-order chi connectivity index (χ0) is 18.5. The van der Waals surface area contributed by atoms with Gasteiger partial charge in [-0.1, -0.05) is 53.7 Å². The van der Waals surface area contributed by atoms with Crippen LogP contribution < -0.4 is 10.1 Å². The lowest BCUT2D eigenvalue weighted by Gasteiger charge is -2.24. The molecule has 1 aromatic rings. The minimum absolute atomic E-state index is 0.113. The molecule has 1 aromatic carbocycles. The fourth-order valence-corrected chi connectivity index (χ4v) is 2.38. The number of aliphatic carboxylic acids is 1.